The molecule has 0 aliphatic carbocycles. The Hall–Kier alpha value is -0.263. The van der Waals surface area contributed by atoms with Crippen LogP contribution in [-0.4, -0.2) is 16.4 Å². The fourth-order valence-electron chi connectivity index (χ4n) is 0.687. The lowest BCUT2D eigenvalue weighted by Gasteiger charge is -1.98. The number of unbranched alkanes of at least 4 members (excludes halogenated alkanes) is 1. The predicted octanol–water partition coefficient (Wildman–Crippen LogP) is 1.33. The van der Waals surface area contributed by atoms with Gasteiger partial charge in [0.1, 0.15) is 0 Å². The van der Waals surface area contributed by atoms with Gasteiger partial charge in [0.2, 0.25) is 0 Å². The van der Waals surface area contributed by atoms with E-state index >= 15 is 0 Å². The molecule has 0 unspecified atom stereocenters. The van der Waals surface area contributed by atoms with Gasteiger partial charge in [0.05, 0.1) is 0 Å². The first-order valence-corrected chi connectivity index (χ1v) is 5.50. The van der Waals surface area contributed by atoms with Gasteiger partial charge in [-0.25, -0.2) is 0 Å². The highest BCUT2D eigenvalue weighted by atomic mass is 28.2. The van der Waals surface area contributed by atoms with Crippen LogP contribution < -0.4 is 0 Å². The predicted molar refractivity (Wildman–Crippen MR) is 47.7 cm³/mol. The van der Waals surface area contributed by atoms with Crippen LogP contribution in [0.5, 0.6) is 0 Å². The highest BCUT2D eigenvalue weighted by Gasteiger charge is 1.87. The van der Waals surface area contributed by atoms with Gasteiger partial charge >= 0.3 is 0 Å². The van der Waals surface area contributed by atoms with E-state index in [1.807, 2.05) is 0 Å². The summed E-state index contributed by atoms with van der Waals surface area (Å²) >= 11 is 0. The molecule has 0 saturated carbocycles. The third-order valence-corrected chi connectivity index (χ3v) is 2.65. The van der Waals surface area contributed by atoms with E-state index in [9.17, 15) is 0 Å². The highest BCUT2D eigenvalue weighted by molar-refractivity contribution is 6.26. The Morgan fingerprint density at radius 2 is 2.40 bits per heavy atom. The van der Waals surface area contributed by atoms with Crippen LogP contribution in [0.15, 0.2) is 0 Å². The van der Waals surface area contributed by atoms with E-state index in [0.29, 0.717) is 0 Å². The monoisotopic (exact) mass is 156 g/mol. The molecule has 0 radical (unpaired) electrons. The summed E-state index contributed by atoms with van der Waals surface area (Å²) in [5, 5.41) is 0. The Kier molecular flexibility index (Phi) is 8.51. The molecule has 0 aromatic carbocycles. The normalized spacial score (nSPS) is 10.4. The molecule has 0 atom stereocenters. The van der Waals surface area contributed by atoms with Gasteiger partial charge in [-0.15, -0.1) is 12.3 Å². The van der Waals surface area contributed by atoms with Crippen LogP contribution in [0.1, 0.15) is 26.2 Å². The molecule has 0 rings (SSSR count). The summed E-state index contributed by atoms with van der Waals surface area (Å²) in [6.07, 6.45) is 8.44. The second-order valence-electron chi connectivity index (χ2n) is 2.27. The molecule has 0 saturated heterocycles. The topological polar surface area (TPSA) is 9.23 Å². The minimum atomic E-state index is -0.216. The van der Waals surface area contributed by atoms with E-state index in [1.54, 1.807) is 0 Å². The molecule has 2 heteroatoms. The average Bonchev–Trinajstić information content (AvgIpc) is 1.97. The molecule has 1 nitrogen and oxygen atoms in total. The third-order valence-electron chi connectivity index (χ3n) is 1.28. The van der Waals surface area contributed by atoms with E-state index in [-0.39, 0.29) is 9.76 Å². The van der Waals surface area contributed by atoms with Crippen molar-refractivity contribution in [2.75, 3.05) is 6.61 Å². The number of rotatable bonds is 6. The maximum Gasteiger partial charge on any atom is 0.161 e. The van der Waals surface area contributed by atoms with Crippen molar-refractivity contribution in [2.45, 2.75) is 32.2 Å². The van der Waals surface area contributed by atoms with E-state index in [0.717, 1.165) is 13.0 Å². The number of hydrogen-bond donors (Lipinski definition) is 0. The number of terminal acetylenes is 1. The molecular formula is C8H16OSi. The van der Waals surface area contributed by atoms with Crippen molar-refractivity contribution >= 4 is 9.76 Å². The van der Waals surface area contributed by atoms with Gasteiger partial charge in [-0.2, -0.15) is 0 Å². The fourth-order valence-corrected chi connectivity index (χ4v) is 1.94. The second kappa shape index (κ2) is 8.74. The van der Waals surface area contributed by atoms with Crippen LogP contribution in [0.2, 0.25) is 6.04 Å². The van der Waals surface area contributed by atoms with E-state index in [1.165, 1.54) is 18.9 Å². The molecular weight excluding hydrogens is 140 g/mol. The van der Waals surface area contributed by atoms with Crippen molar-refractivity contribution in [1.82, 2.24) is 0 Å². The molecule has 0 bridgehead atoms. The Morgan fingerprint density at radius 1 is 1.60 bits per heavy atom. The van der Waals surface area contributed by atoms with Crippen LogP contribution in [0.25, 0.3) is 0 Å². The van der Waals surface area contributed by atoms with E-state index in [2.05, 4.69) is 12.8 Å². The molecule has 0 N–H and O–H groups in total. The summed E-state index contributed by atoms with van der Waals surface area (Å²) < 4.78 is 5.37. The maximum atomic E-state index is 5.37. The summed E-state index contributed by atoms with van der Waals surface area (Å²) in [5.74, 6) is 2.56. The molecule has 10 heavy (non-hydrogen) atoms. The van der Waals surface area contributed by atoms with Gasteiger partial charge in [0.25, 0.3) is 0 Å². The highest BCUT2D eigenvalue weighted by Crippen LogP contribution is 1.93. The van der Waals surface area contributed by atoms with Gasteiger partial charge in [0, 0.05) is 13.0 Å². The lowest BCUT2D eigenvalue weighted by molar-refractivity contribution is 0.345. The number of hydrogen-bond acceptors (Lipinski definition) is 1. The van der Waals surface area contributed by atoms with Gasteiger partial charge in [-0.05, 0) is 6.04 Å². The van der Waals surface area contributed by atoms with Crippen LogP contribution in [0, 0.1) is 12.3 Å². The van der Waals surface area contributed by atoms with Crippen LogP contribution in [0.4, 0.5) is 0 Å². The van der Waals surface area contributed by atoms with Gasteiger partial charge in [0.15, 0.2) is 9.76 Å². The molecule has 0 aromatic heterocycles. The van der Waals surface area contributed by atoms with Crippen molar-refractivity contribution in [3.63, 3.8) is 0 Å². The molecule has 58 valence electrons. The first-order valence-electron chi connectivity index (χ1n) is 3.93. The summed E-state index contributed by atoms with van der Waals surface area (Å²) in [7, 11) is -0.216. The zero-order valence-electron chi connectivity index (χ0n) is 6.73. The Labute approximate surface area is 66.1 Å². The maximum absolute atomic E-state index is 5.37. The Balaban J connectivity index is 2.72. The molecule has 0 spiro atoms. The zero-order chi connectivity index (χ0) is 7.66. The van der Waals surface area contributed by atoms with Crippen LogP contribution in [-0.2, 0) is 4.43 Å². The summed E-state index contributed by atoms with van der Waals surface area (Å²) in [4.78, 5) is 0. The van der Waals surface area contributed by atoms with Gasteiger partial charge in [-0.3, -0.25) is 0 Å². The summed E-state index contributed by atoms with van der Waals surface area (Å²) in [6.45, 7) is 2.99. The molecule has 0 aromatic rings. The van der Waals surface area contributed by atoms with Crippen molar-refractivity contribution in [3.05, 3.63) is 0 Å². The molecule has 0 amide bonds. The first kappa shape index (κ1) is 9.74. The summed E-state index contributed by atoms with van der Waals surface area (Å²) in [6, 6.07) is 1.31. The van der Waals surface area contributed by atoms with Crippen molar-refractivity contribution in [3.8, 4) is 12.3 Å². The second-order valence-corrected chi connectivity index (χ2v) is 3.80. The van der Waals surface area contributed by atoms with Crippen LogP contribution >= 0.6 is 0 Å². The van der Waals surface area contributed by atoms with Crippen molar-refractivity contribution in [1.29, 1.82) is 0 Å². The fraction of sp³-hybridized carbons (Fsp3) is 0.750. The van der Waals surface area contributed by atoms with Crippen molar-refractivity contribution in [2.24, 2.45) is 0 Å². The van der Waals surface area contributed by atoms with Crippen molar-refractivity contribution < 1.29 is 4.43 Å². The Morgan fingerprint density at radius 3 is 3.00 bits per heavy atom. The van der Waals surface area contributed by atoms with Crippen LogP contribution in [0.3, 0.4) is 0 Å². The third kappa shape index (κ3) is 7.74. The van der Waals surface area contributed by atoms with E-state index in [4.69, 9.17) is 10.8 Å². The standard InChI is InChI=1S/C8H16OSi/c1-3-5-7-9-10-8-6-4-2/h1H,4-8,10H2,2H3. The minimum Gasteiger partial charge on any atom is -0.423 e. The molecule has 0 heterocycles. The smallest absolute Gasteiger partial charge is 0.161 e. The lowest BCUT2D eigenvalue weighted by atomic mass is 10.4. The largest absolute Gasteiger partial charge is 0.423 e. The van der Waals surface area contributed by atoms with Gasteiger partial charge < -0.3 is 4.43 Å². The SMILES string of the molecule is C#CCCO[SiH2]CCCC. The lowest BCUT2D eigenvalue weighted by Crippen LogP contribution is -1.98. The Bertz CT molecular complexity index is 95.9. The summed E-state index contributed by atoms with van der Waals surface area (Å²) in [5.41, 5.74) is 0. The molecule has 0 aliphatic rings. The molecule has 0 aliphatic heterocycles. The first-order chi connectivity index (χ1) is 4.91. The van der Waals surface area contributed by atoms with E-state index < -0.39 is 0 Å². The quantitative estimate of drug-likeness (QED) is 0.320. The minimum absolute atomic E-state index is 0.216. The van der Waals surface area contributed by atoms with Gasteiger partial charge in [-0.1, -0.05) is 19.8 Å². The average molecular weight is 156 g/mol. The zero-order valence-corrected chi connectivity index (χ0v) is 8.14. The molecule has 0 fully saturated rings.